The van der Waals surface area contributed by atoms with Gasteiger partial charge in [-0.1, -0.05) is 27.2 Å². The summed E-state index contributed by atoms with van der Waals surface area (Å²) in [4.78, 5) is 5.54. The first kappa shape index (κ1) is 25.5. The van der Waals surface area contributed by atoms with Crippen LogP contribution >= 0.6 is 0 Å². The van der Waals surface area contributed by atoms with Gasteiger partial charge in [0.2, 0.25) is 0 Å². The Bertz CT molecular complexity index is 813. The topological polar surface area (TPSA) is 54.1 Å². The second-order valence-electron chi connectivity index (χ2n) is 14.6. The molecule has 0 N–H and O–H groups in total. The van der Waals surface area contributed by atoms with Crippen LogP contribution in [0.5, 0.6) is 0 Å². The number of rotatable bonds is 8. The number of nitriles is 2. The van der Waals surface area contributed by atoms with E-state index in [9.17, 15) is 10.5 Å². The van der Waals surface area contributed by atoms with Crippen LogP contribution < -0.4 is 0 Å². The number of likely N-dealkylation sites (tertiary alicyclic amines) is 2. The van der Waals surface area contributed by atoms with Gasteiger partial charge in [0.25, 0.3) is 0 Å². The Morgan fingerprint density at radius 3 is 1.77 bits per heavy atom. The summed E-state index contributed by atoms with van der Waals surface area (Å²) >= 11 is 0. The lowest BCUT2D eigenvalue weighted by atomic mass is 9.61. The van der Waals surface area contributed by atoms with Crippen molar-refractivity contribution in [1.82, 2.24) is 9.80 Å². The van der Waals surface area contributed by atoms with Crippen molar-refractivity contribution in [1.29, 1.82) is 10.5 Å². The fourth-order valence-electron chi connectivity index (χ4n) is 8.91. The minimum absolute atomic E-state index is 0.260. The highest BCUT2D eigenvalue weighted by Crippen LogP contribution is 2.53. The normalized spacial score (nSPS) is 38.7. The van der Waals surface area contributed by atoms with Crippen LogP contribution in [0.25, 0.3) is 0 Å². The Kier molecular flexibility index (Phi) is 7.04. The van der Waals surface area contributed by atoms with Crippen molar-refractivity contribution in [3.63, 3.8) is 0 Å². The maximum atomic E-state index is 9.67. The highest BCUT2D eigenvalue weighted by Gasteiger charge is 2.51. The first-order valence-electron chi connectivity index (χ1n) is 15.0. The highest BCUT2D eigenvalue weighted by molar-refractivity contribution is 5.05. The van der Waals surface area contributed by atoms with Crippen LogP contribution in [0.4, 0.5) is 0 Å². The van der Waals surface area contributed by atoms with Crippen LogP contribution in [0.1, 0.15) is 117 Å². The quantitative estimate of drug-likeness (QED) is 0.380. The van der Waals surface area contributed by atoms with Gasteiger partial charge in [0.1, 0.15) is 0 Å². The van der Waals surface area contributed by atoms with Crippen LogP contribution in [0.15, 0.2) is 0 Å². The van der Waals surface area contributed by atoms with Gasteiger partial charge in [0, 0.05) is 51.1 Å². The molecule has 0 unspecified atom stereocenters. The molecule has 194 valence electrons. The number of hydrogen-bond acceptors (Lipinski definition) is 4. The molecular weight excluding hydrogens is 428 g/mol. The summed E-state index contributed by atoms with van der Waals surface area (Å²) in [6.45, 7) is 12.4. The number of nitrogens with zero attached hydrogens (tertiary/aromatic N) is 4. The average molecular weight is 479 g/mol. The third-order valence-corrected chi connectivity index (χ3v) is 12.0. The summed E-state index contributed by atoms with van der Waals surface area (Å²) in [5.74, 6) is 0.608. The molecule has 2 heterocycles. The van der Waals surface area contributed by atoms with Crippen LogP contribution in [-0.2, 0) is 0 Å². The van der Waals surface area contributed by atoms with E-state index in [0.717, 1.165) is 30.3 Å². The van der Waals surface area contributed by atoms with E-state index in [1.165, 1.54) is 110 Å². The van der Waals surface area contributed by atoms with Crippen molar-refractivity contribution in [2.24, 2.45) is 27.6 Å². The largest absolute Gasteiger partial charge is 0.299 e. The van der Waals surface area contributed by atoms with E-state index in [0.29, 0.717) is 11.3 Å². The summed E-state index contributed by atoms with van der Waals surface area (Å²) in [6.07, 6.45) is 18.6. The molecule has 0 aromatic rings. The molecule has 0 atom stereocenters. The third kappa shape index (κ3) is 4.92. The first-order valence-corrected chi connectivity index (χ1v) is 15.0. The fraction of sp³-hybridized carbons (Fsp3) is 0.935. The van der Waals surface area contributed by atoms with E-state index < -0.39 is 0 Å². The molecule has 2 aliphatic heterocycles. The van der Waals surface area contributed by atoms with Gasteiger partial charge in [0.15, 0.2) is 0 Å². The standard InChI is InChI=1S/C31H50N4/c1-25(2)31(18-20-33)13-7-27(8-14-31)34-21-28(3,22-34)15-16-29(17-19-32)11-5-26(6-12-29)35-23-30(24-35)9-4-10-30/h25-27H,4-18,21-24H2,1-3H3/t26-,27-,29-,31+. The van der Waals surface area contributed by atoms with Crippen LogP contribution in [0.3, 0.4) is 0 Å². The van der Waals surface area contributed by atoms with E-state index in [1.54, 1.807) is 0 Å². The Labute approximate surface area is 215 Å². The van der Waals surface area contributed by atoms with Gasteiger partial charge in [-0.2, -0.15) is 10.5 Å². The number of hydrogen-bond donors (Lipinski definition) is 0. The Morgan fingerprint density at radius 1 is 0.743 bits per heavy atom. The molecule has 1 spiro atoms. The van der Waals surface area contributed by atoms with Gasteiger partial charge in [-0.05, 0) is 105 Å². The lowest BCUT2D eigenvalue weighted by Crippen LogP contribution is -2.63. The fourth-order valence-corrected chi connectivity index (χ4v) is 8.91. The molecule has 0 radical (unpaired) electrons. The molecule has 0 amide bonds. The molecule has 0 aromatic carbocycles. The zero-order valence-corrected chi connectivity index (χ0v) is 23.0. The molecule has 2 saturated heterocycles. The minimum Gasteiger partial charge on any atom is -0.299 e. The molecule has 3 saturated carbocycles. The second kappa shape index (κ2) is 9.65. The van der Waals surface area contributed by atoms with Crippen LogP contribution in [0.2, 0.25) is 0 Å². The smallest absolute Gasteiger partial charge is 0.0627 e. The molecule has 35 heavy (non-hydrogen) atoms. The van der Waals surface area contributed by atoms with Crippen molar-refractivity contribution in [2.45, 2.75) is 129 Å². The molecule has 5 aliphatic rings. The second-order valence-corrected chi connectivity index (χ2v) is 14.6. The van der Waals surface area contributed by atoms with Crippen LogP contribution in [-0.4, -0.2) is 48.1 Å². The molecule has 0 aromatic heterocycles. The molecule has 4 heteroatoms. The maximum absolute atomic E-state index is 9.67. The summed E-state index contributed by atoms with van der Waals surface area (Å²) in [5, 5.41) is 19.0. The van der Waals surface area contributed by atoms with E-state index in [1.807, 2.05) is 0 Å². The Hall–Kier alpha value is -1.10. The van der Waals surface area contributed by atoms with Crippen molar-refractivity contribution in [3.8, 4) is 12.1 Å². The lowest BCUT2D eigenvalue weighted by Gasteiger charge is -2.60. The SMILES string of the molecule is CC(C)[C@]1(CC#N)CC[C@H](N2CC(C)(CC[C@]3(CC#N)CC[C@H](N4CC5(CCC5)C4)CC3)C2)CC1. The van der Waals surface area contributed by atoms with Gasteiger partial charge < -0.3 is 0 Å². The third-order valence-electron chi connectivity index (χ3n) is 12.0. The van der Waals surface area contributed by atoms with Crippen molar-refractivity contribution < 1.29 is 0 Å². The Morgan fingerprint density at radius 2 is 1.29 bits per heavy atom. The summed E-state index contributed by atoms with van der Waals surface area (Å²) in [7, 11) is 0. The van der Waals surface area contributed by atoms with Gasteiger partial charge in [-0.3, -0.25) is 9.80 Å². The van der Waals surface area contributed by atoms with Crippen LogP contribution in [0, 0.1) is 50.2 Å². The molecule has 5 fully saturated rings. The monoisotopic (exact) mass is 478 g/mol. The zero-order valence-electron chi connectivity index (χ0n) is 23.0. The highest BCUT2D eigenvalue weighted by atomic mass is 15.2. The minimum atomic E-state index is 0.260. The molecule has 4 nitrogen and oxygen atoms in total. The van der Waals surface area contributed by atoms with E-state index >= 15 is 0 Å². The predicted molar refractivity (Wildman–Crippen MR) is 141 cm³/mol. The summed E-state index contributed by atoms with van der Waals surface area (Å²) in [5.41, 5.74) is 1.71. The molecule has 0 bridgehead atoms. The molecule has 5 rings (SSSR count). The van der Waals surface area contributed by atoms with E-state index in [2.05, 4.69) is 42.7 Å². The first-order chi connectivity index (χ1) is 16.7. The van der Waals surface area contributed by atoms with Crippen molar-refractivity contribution in [2.75, 3.05) is 26.2 Å². The van der Waals surface area contributed by atoms with Crippen molar-refractivity contribution >= 4 is 0 Å². The van der Waals surface area contributed by atoms with Gasteiger partial charge in [0.05, 0.1) is 12.1 Å². The van der Waals surface area contributed by atoms with Gasteiger partial charge in [-0.15, -0.1) is 0 Å². The van der Waals surface area contributed by atoms with Crippen molar-refractivity contribution in [3.05, 3.63) is 0 Å². The van der Waals surface area contributed by atoms with E-state index in [-0.39, 0.29) is 10.8 Å². The zero-order chi connectivity index (χ0) is 24.7. The predicted octanol–water partition coefficient (Wildman–Crippen LogP) is 6.92. The van der Waals surface area contributed by atoms with Gasteiger partial charge >= 0.3 is 0 Å². The summed E-state index contributed by atoms with van der Waals surface area (Å²) in [6, 6.07) is 6.61. The lowest BCUT2D eigenvalue weighted by molar-refractivity contribution is -0.0982. The Balaban J connectivity index is 1.07. The average Bonchev–Trinajstić information content (AvgIpc) is 2.76. The molecular formula is C31H50N4. The maximum Gasteiger partial charge on any atom is 0.0627 e. The van der Waals surface area contributed by atoms with Gasteiger partial charge in [-0.25, -0.2) is 0 Å². The van der Waals surface area contributed by atoms with E-state index in [4.69, 9.17) is 0 Å². The molecule has 3 aliphatic carbocycles. The summed E-state index contributed by atoms with van der Waals surface area (Å²) < 4.78 is 0.